The van der Waals surface area contributed by atoms with E-state index in [2.05, 4.69) is 74.6 Å². The van der Waals surface area contributed by atoms with Crippen LogP contribution in [0.1, 0.15) is 5.56 Å². The van der Waals surface area contributed by atoms with Crippen LogP contribution in [0.2, 0.25) is 0 Å². The highest BCUT2D eigenvalue weighted by Crippen LogP contribution is 2.31. The van der Waals surface area contributed by atoms with Crippen LogP contribution in [0.4, 0.5) is 5.69 Å². The van der Waals surface area contributed by atoms with Gasteiger partial charge in [-0.3, -0.25) is 4.98 Å². The highest BCUT2D eigenvalue weighted by Gasteiger charge is 2.15. The first-order chi connectivity index (χ1) is 13.8. The van der Waals surface area contributed by atoms with Gasteiger partial charge in [-0.05, 0) is 35.4 Å². The summed E-state index contributed by atoms with van der Waals surface area (Å²) >= 11 is 0. The Bertz CT molecular complexity index is 1150. The summed E-state index contributed by atoms with van der Waals surface area (Å²) in [5.74, 6) is 0. The Hall–Kier alpha value is -3.67. The molecule has 0 spiro atoms. The van der Waals surface area contributed by atoms with E-state index >= 15 is 0 Å². The fourth-order valence-electron chi connectivity index (χ4n) is 3.55. The molecule has 2 aromatic heterocycles. The molecule has 1 aliphatic heterocycles. The van der Waals surface area contributed by atoms with Gasteiger partial charge in [0.25, 0.3) is 0 Å². The molecule has 0 fully saturated rings. The van der Waals surface area contributed by atoms with Gasteiger partial charge in [-0.15, -0.1) is 0 Å². The minimum Gasteiger partial charge on any atom is -0.361 e. The molecule has 28 heavy (non-hydrogen) atoms. The molecule has 0 unspecified atom stereocenters. The number of benzene rings is 2. The van der Waals surface area contributed by atoms with Gasteiger partial charge in [0.15, 0.2) is 0 Å². The summed E-state index contributed by atoms with van der Waals surface area (Å²) in [5, 5.41) is 5.40. The van der Waals surface area contributed by atoms with Gasteiger partial charge < -0.3 is 9.80 Å². The van der Waals surface area contributed by atoms with Crippen LogP contribution in [0, 0.1) is 0 Å². The molecule has 5 rings (SSSR count). The van der Waals surface area contributed by atoms with Crippen molar-refractivity contribution in [2.75, 3.05) is 18.6 Å². The largest absolute Gasteiger partial charge is 0.361 e. The number of aromatic nitrogens is 4. The molecule has 0 saturated heterocycles. The lowest BCUT2D eigenvalue weighted by Gasteiger charge is -2.20. The number of nitrogens with zero attached hydrogens (tertiary/aromatic N) is 6. The molecule has 1 aliphatic rings. The fraction of sp³-hybridized carbons (Fsp3) is 0.136. The first kappa shape index (κ1) is 16.5. The average molecular weight is 368 g/mol. The quantitative estimate of drug-likeness (QED) is 0.549. The van der Waals surface area contributed by atoms with Gasteiger partial charge in [-0.2, -0.15) is 5.10 Å². The van der Waals surface area contributed by atoms with Gasteiger partial charge in [0.2, 0.25) is 0 Å². The zero-order chi connectivity index (χ0) is 18.9. The van der Waals surface area contributed by atoms with Gasteiger partial charge in [0.05, 0.1) is 18.7 Å². The first-order valence-electron chi connectivity index (χ1n) is 9.22. The summed E-state index contributed by atoms with van der Waals surface area (Å²) < 4.78 is 1.84. The predicted molar refractivity (Wildman–Crippen MR) is 111 cm³/mol. The zero-order valence-electron chi connectivity index (χ0n) is 15.6. The van der Waals surface area contributed by atoms with Crippen LogP contribution in [-0.4, -0.2) is 38.4 Å². The van der Waals surface area contributed by atoms with E-state index in [-0.39, 0.29) is 0 Å². The third-order valence-corrected chi connectivity index (χ3v) is 5.00. The van der Waals surface area contributed by atoms with Gasteiger partial charge in [-0.1, -0.05) is 24.3 Å². The second-order valence-corrected chi connectivity index (χ2v) is 7.02. The van der Waals surface area contributed by atoms with E-state index in [1.165, 1.54) is 5.56 Å². The van der Waals surface area contributed by atoms with Crippen LogP contribution in [0.25, 0.3) is 22.0 Å². The van der Waals surface area contributed by atoms with Gasteiger partial charge in [0, 0.05) is 42.3 Å². The van der Waals surface area contributed by atoms with Crippen molar-refractivity contribution in [2.45, 2.75) is 6.54 Å². The van der Waals surface area contributed by atoms with Crippen molar-refractivity contribution in [3.05, 3.63) is 85.3 Å². The molecule has 0 amide bonds. The third-order valence-electron chi connectivity index (χ3n) is 5.00. The van der Waals surface area contributed by atoms with Gasteiger partial charge >= 0.3 is 0 Å². The molecular formula is C22H20N6. The standard InChI is InChI=1S/C22H20N6/c1-26-8-9-27(16-26)20-7-6-18(13-28-15-23-14-25-28)21(11-20)19-10-17-4-2-3-5-22(17)24-12-19/h2-12,14-15H,13,16H2,1H3. The normalized spacial score (nSPS) is 13.6. The molecule has 0 atom stereocenters. The summed E-state index contributed by atoms with van der Waals surface area (Å²) in [7, 11) is 2.07. The monoisotopic (exact) mass is 368 g/mol. The maximum absolute atomic E-state index is 4.66. The summed E-state index contributed by atoms with van der Waals surface area (Å²) in [6.07, 6.45) is 9.46. The van der Waals surface area contributed by atoms with Crippen molar-refractivity contribution in [3.63, 3.8) is 0 Å². The molecule has 4 aromatic rings. The van der Waals surface area contributed by atoms with Crippen LogP contribution in [-0.2, 0) is 6.54 Å². The molecule has 0 radical (unpaired) electrons. The van der Waals surface area contributed by atoms with E-state index in [4.69, 9.17) is 0 Å². The van der Waals surface area contributed by atoms with E-state index in [1.807, 2.05) is 29.1 Å². The molecule has 6 heteroatoms. The molecule has 3 heterocycles. The minimum absolute atomic E-state index is 0.665. The van der Waals surface area contributed by atoms with Gasteiger partial charge in [-0.25, -0.2) is 9.67 Å². The zero-order valence-corrected chi connectivity index (χ0v) is 15.6. The smallest absolute Gasteiger partial charge is 0.137 e. The minimum atomic E-state index is 0.665. The van der Waals surface area contributed by atoms with Crippen LogP contribution in [0.5, 0.6) is 0 Å². The molecule has 138 valence electrons. The summed E-state index contributed by atoms with van der Waals surface area (Å²) in [5.41, 5.74) is 5.61. The van der Waals surface area contributed by atoms with Crippen molar-refractivity contribution in [3.8, 4) is 11.1 Å². The predicted octanol–water partition coefficient (Wildman–Crippen LogP) is 3.72. The van der Waals surface area contributed by atoms with E-state index in [0.717, 1.165) is 34.4 Å². The van der Waals surface area contributed by atoms with Crippen molar-refractivity contribution in [1.29, 1.82) is 0 Å². The third kappa shape index (κ3) is 3.09. The molecule has 0 N–H and O–H groups in total. The summed E-state index contributed by atoms with van der Waals surface area (Å²) in [6, 6.07) is 17.0. The van der Waals surface area contributed by atoms with E-state index in [0.29, 0.717) is 6.54 Å². The molecule has 6 nitrogen and oxygen atoms in total. The van der Waals surface area contributed by atoms with Crippen LogP contribution < -0.4 is 4.90 Å². The van der Waals surface area contributed by atoms with Crippen molar-refractivity contribution in [2.24, 2.45) is 0 Å². The van der Waals surface area contributed by atoms with Crippen molar-refractivity contribution in [1.82, 2.24) is 24.6 Å². The summed E-state index contributed by atoms with van der Waals surface area (Å²) in [6.45, 7) is 1.51. The Balaban J connectivity index is 1.61. The van der Waals surface area contributed by atoms with Crippen molar-refractivity contribution >= 4 is 16.6 Å². The number of hydrogen-bond acceptors (Lipinski definition) is 5. The Morgan fingerprint density at radius 1 is 1.04 bits per heavy atom. The molecule has 0 aliphatic carbocycles. The lowest BCUT2D eigenvalue weighted by molar-refractivity contribution is 0.496. The molecule has 2 aromatic carbocycles. The number of hydrogen-bond donors (Lipinski definition) is 0. The highest BCUT2D eigenvalue weighted by atomic mass is 15.3. The Morgan fingerprint density at radius 2 is 1.96 bits per heavy atom. The molecule has 0 saturated carbocycles. The van der Waals surface area contributed by atoms with Crippen LogP contribution >= 0.6 is 0 Å². The summed E-state index contributed by atoms with van der Waals surface area (Å²) in [4.78, 5) is 13.1. The lowest BCUT2D eigenvalue weighted by Crippen LogP contribution is -2.21. The highest BCUT2D eigenvalue weighted by molar-refractivity contribution is 5.85. The maximum atomic E-state index is 4.66. The average Bonchev–Trinajstić information content (AvgIpc) is 3.40. The SMILES string of the molecule is CN1C=CN(c2ccc(Cn3cncn3)c(-c3cnc4ccccc4c3)c2)C1. The van der Waals surface area contributed by atoms with Crippen LogP contribution in [0.15, 0.2) is 79.8 Å². The van der Waals surface area contributed by atoms with Crippen LogP contribution in [0.3, 0.4) is 0 Å². The second kappa shape index (κ2) is 6.81. The topological polar surface area (TPSA) is 50.1 Å². The molecule has 0 bridgehead atoms. The number of rotatable bonds is 4. The number of pyridine rings is 1. The number of para-hydroxylation sites is 1. The number of fused-ring (bicyclic) bond motifs is 1. The Kier molecular flexibility index (Phi) is 4.01. The molecular weight excluding hydrogens is 348 g/mol. The van der Waals surface area contributed by atoms with E-state index in [9.17, 15) is 0 Å². The second-order valence-electron chi connectivity index (χ2n) is 7.02. The number of anilines is 1. The lowest BCUT2D eigenvalue weighted by atomic mass is 9.98. The van der Waals surface area contributed by atoms with E-state index < -0.39 is 0 Å². The maximum Gasteiger partial charge on any atom is 0.137 e. The van der Waals surface area contributed by atoms with Crippen molar-refractivity contribution < 1.29 is 0 Å². The first-order valence-corrected chi connectivity index (χ1v) is 9.22. The fourth-order valence-corrected chi connectivity index (χ4v) is 3.55. The Morgan fingerprint density at radius 3 is 2.79 bits per heavy atom. The van der Waals surface area contributed by atoms with Gasteiger partial charge in [0.1, 0.15) is 12.7 Å². The van der Waals surface area contributed by atoms with E-state index in [1.54, 1.807) is 12.7 Å². The Labute approximate surface area is 163 Å².